The Morgan fingerprint density at radius 3 is 2.59 bits per heavy atom. The van der Waals surface area contributed by atoms with Gasteiger partial charge in [0.1, 0.15) is 17.6 Å². The van der Waals surface area contributed by atoms with Crippen LogP contribution in [0.15, 0.2) is 48.5 Å². The summed E-state index contributed by atoms with van der Waals surface area (Å²) in [5, 5.41) is 3.03. The number of benzene rings is 2. The van der Waals surface area contributed by atoms with Crippen molar-refractivity contribution >= 4 is 5.91 Å². The second-order valence-corrected chi connectivity index (χ2v) is 8.21. The van der Waals surface area contributed by atoms with E-state index < -0.39 is 6.04 Å². The van der Waals surface area contributed by atoms with Crippen LogP contribution >= 0.6 is 0 Å². The maximum absolute atomic E-state index is 11.8. The highest BCUT2D eigenvalue weighted by Crippen LogP contribution is 2.37. The van der Waals surface area contributed by atoms with Gasteiger partial charge in [-0.25, -0.2) is 0 Å². The van der Waals surface area contributed by atoms with Crippen LogP contribution in [0.2, 0.25) is 0 Å². The molecule has 29 heavy (non-hydrogen) atoms. The molecule has 0 bridgehead atoms. The normalized spacial score (nSPS) is 24.7. The van der Waals surface area contributed by atoms with Crippen molar-refractivity contribution in [3.63, 3.8) is 0 Å². The number of ether oxygens (including phenoxy) is 2. The monoisotopic (exact) mass is 394 g/mol. The standard InChI is InChI=1S/C24H30N2O3/c1-16(25)24(27)26-19-8-10-20(11-9-19)28-21-12-14-23-18(15-21)7-13-22(29-23)17-5-3-2-4-6-17/h2-6,12,14-16,19-20,22H,7-11,13,25H2,1H3,(H,26,27)/t16-,19?,20?,22?/m1/s1. The molecule has 0 radical (unpaired) electrons. The molecule has 1 unspecified atom stereocenters. The first-order chi connectivity index (χ1) is 14.1. The van der Waals surface area contributed by atoms with Gasteiger partial charge < -0.3 is 20.5 Å². The number of nitrogens with two attached hydrogens (primary N) is 1. The van der Waals surface area contributed by atoms with E-state index in [-0.39, 0.29) is 24.2 Å². The molecule has 1 aliphatic carbocycles. The van der Waals surface area contributed by atoms with Gasteiger partial charge in [-0.2, -0.15) is 0 Å². The number of carbonyl (C=O) groups is 1. The fraction of sp³-hybridized carbons (Fsp3) is 0.458. The Balaban J connectivity index is 1.31. The largest absolute Gasteiger partial charge is 0.490 e. The molecule has 2 atom stereocenters. The quantitative estimate of drug-likeness (QED) is 0.806. The maximum Gasteiger partial charge on any atom is 0.236 e. The van der Waals surface area contributed by atoms with Gasteiger partial charge in [0.2, 0.25) is 5.91 Å². The van der Waals surface area contributed by atoms with Crippen LogP contribution in [0.4, 0.5) is 0 Å². The number of hydrogen-bond donors (Lipinski definition) is 2. The van der Waals surface area contributed by atoms with Crippen molar-refractivity contribution in [2.45, 2.75) is 69.7 Å². The molecule has 1 amide bonds. The number of carbonyl (C=O) groups excluding carboxylic acids is 1. The number of fused-ring (bicyclic) bond motifs is 1. The molecule has 3 N–H and O–H groups in total. The van der Waals surface area contributed by atoms with Gasteiger partial charge in [-0.1, -0.05) is 30.3 Å². The molecule has 1 heterocycles. The van der Waals surface area contributed by atoms with Crippen molar-refractivity contribution in [2.24, 2.45) is 5.73 Å². The number of hydrogen-bond acceptors (Lipinski definition) is 4. The summed E-state index contributed by atoms with van der Waals surface area (Å²) in [6.07, 6.45) is 6.01. The van der Waals surface area contributed by atoms with Gasteiger partial charge in [0.25, 0.3) is 0 Å². The summed E-state index contributed by atoms with van der Waals surface area (Å²) in [4.78, 5) is 11.8. The summed E-state index contributed by atoms with van der Waals surface area (Å²) in [6.45, 7) is 1.71. The van der Waals surface area contributed by atoms with Gasteiger partial charge in [0.15, 0.2) is 0 Å². The minimum absolute atomic E-state index is 0.0714. The van der Waals surface area contributed by atoms with E-state index in [9.17, 15) is 4.79 Å². The third-order valence-corrected chi connectivity index (χ3v) is 5.89. The molecule has 5 heteroatoms. The van der Waals surface area contributed by atoms with Crippen molar-refractivity contribution < 1.29 is 14.3 Å². The van der Waals surface area contributed by atoms with Gasteiger partial charge in [-0.15, -0.1) is 0 Å². The maximum atomic E-state index is 11.8. The predicted octanol–water partition coefficient (Wildman–Crippen LogP) is 3.91. The van der Waals surface area contributed by atoms with E-state index >= 15 is 0 Å². The number of amides is 1. The molecular weight excluding hydrogens is 364 g/mol. The Morgan fingerprint density at radius 1 is 1.10 bits per heavy atom. The Hall–Kier alpha value is -2.53. The van der Waals surface area contributed by atoms with Crippen LogP contribution < -0.4 is 20.5 Å². The molecule has 1 fully saturated rings. The zero-order valence-corrected chi connectivity index (χ0v) is 17.0. The minimum Gasteiger partial charge on any atom is -0.490 e. The summed E-state index contributed by atoms with van der Waals surface area (Å²) in [5.74, 6) is 1.80. The van der Waals surface area contributed by atoms with Crippen LogP contribution in [-0.4, -0.2) is 24.1 Å². The van der Waals surface area contributed by atoms with Gasteiger partial charge in [-0.05, 0) is 74.8 Å². The van der Waals surface area contributed by atoms with Crippen LogP contribution in [-0.2, 0) is 11.2 Å². The van der Waals surface area contributed by atoms with Gasteiger partial charge in [-0.3, -0.25) is 4.79 Å². The van der Waals surface area contributed by atoms with E-state index in [4.69, 9.17) is 15.2 Å². The predicted molar refractivity (Wildman–Crippen MR) is 113 cm³/mol. The highest BCUT2D eigenvalue weighted by molar-refractivity contribution is 5.81. The van der Waals surface area contributed by atoms with Crippen molar-refractivity contribution in [3.8, 4) is 11.5 Å². The molecule has 1 saturated carbocycles. The van der Waals surface area contributed by atoms with Gasteiger partial charge >= 0.3 is 0 Å². The summed E-state index contributed by atoms with van der Waals surface area (Å²) in [6, 6.07) is 16.3. The van der Waals surface area contributed by atoms with Crippen LogP contribution in [0, 0.1) is 0 Å². The van der Waals surface area contributed by atoms with Crippen molar-refractivity contribution in [2.75, 3.05) is 0 Å². The third-order valence-electron chi connectivity index (χ3n) is 5.89. The van der Waals surface area contributed by atoms with E-state index in [0.29, 0.717) is 0 Å². The average Bonchev–Trinajstić information content (AvgIpc) is 2.75. The Kier molecular flexibility index (Phi) is 6.05. The second-order valence-electron chi connectivity index (χ2n) is 8.21. The molecule has 5 nitrogen and oxygen atoms in total. The SMILES string of the molecule is C[C@@H](N)C(=O)NC1CCC(Oc2ccc3c(c2)CCC(c2ccccc2)O3)CC1. The topological polar surface area (TPSA) is 73.6 Å². The van der Waals surface area contributed by atoms with E-state index in [1.807, 2.05) is 18.2 Å². The van der Waals surface area contributed by atoms with Crippen molar-refractivity contribution in [1.29, 1.82) is 0 Å². The molecule has 0 spiro atoms. The van der Waals surface area contributed by atoms with Gasteiger partial charge in [0.05, 0.1) is 12.1 Å². The van der Waals surface area contributed by atoms with E-state index in [0.717, 1.165) is 50.0 Å². The molecule has 1 aliphatic heterocycles. The summed E-state index contributed by atoms with van der Waals surface area (Å²) in [7, 11) is 0. The Morgan fingerprint density at radius 2 is 1.86 bits per heavy atom. The zero-order valence-electron chi connectivity index (χ0n) is 17.0. The first-order valence-electron chi connectivity index (χ1n) is 10.7. The lowest BCUT2D eigenvalue weighted by Gasteiger charge is -2.31. The van der Waals surface area contributed by atoms with Crippen molar-refractivity contribution in [3.05, 3.63) is 59.7 Å². The lowest BCUT2D eigenvalue weighted by molar-refractivity contribution is -0.123. The average molecular weight is 395 g/mol. The molecule has 154 valence electrons. The van der Waals surface area contributed by atoms with Crippen LogP contribution in [0.25, 0.3) is 0 Å². The summed E-state index contributed by atoms with van der Waals surface area (Å²) < 4.78 is 12.5. The smallest absolute Gasteiger partial charge is 0.236 e. The molecule has 4 rings (SSSR count). The van der Waals surface area contributed by atoms with Crippen molar-refractivity contribution in [1.82, 2.24) is 5.32 Å². The van der Waals surface area contributed by atoms with Gasteiger partial charge in [0, 0.05) is 6.04 Å². The molecule has 2 aliphatic rings. The lowest BCUT2D eigenvalue weighted by atomic mass is 9.92. The van der Waals surface area contributed by atoms with E-state index in [1.165, 1.54) is 11.1 Å². The Bertz CT molecular complexity index is 829. The highest BCUT2D eigenvalue weighted by Gasteiger charge is 2.25. The molecule has 2 aromatic rings. The lowest BCUT2D eigenvalue weighted by Crippen LogP contribution is -2.46. The molecule has 0 aromatic heterocycles. The van der Waals surface area contributed by atoms with Crippen LogP contribution in [0.1, 0.15) is 56.3 Å². The third kappa shape index (κ3) is 4.91. The first-order valence-corrected chi connectivity index (χ1v) is 10.7. The summed E-state index contributed by atoms with van der Waals surface area (Å²) >= 11 is 0. The molecule has 0 saturated heterocycles. The van der Waals surface area contributed by atoms with Crippen LogP contribution in [0.5, 0.6) is 11.5 Å². The molecular formula is C24H30N2O3. The van der Waals surface area contributed by atoms with Crippen LogP contribution in [0.3, 0.4) is 0 Å². The number of rotatable bonds is 5. The fourth-order valence-corrected chi connectivity index (χ4v) is 4.19. The molecule has 2 aromatic carbocycles. The zero-order chi connectivity index (χ0) is 20.2. The number of aryl methyl sites for hydroxylation is 1. The highest BCUT2D eigenvalue weighted by atomic mass is 16.5. The minimum atomic E-state index is -0.455. The number of nitrogens with one attached hydrogen (secondary N) is 1. The van der Waals surface area contributed by atoms with E-state index in [2.05, 4.69) is 35.6 Å². The second kappa shape index (κ2) is 8.87. The summed E-state index contributed by atoms with van der Waals surface area (Å²) in [5.41, 5.74) is 8.08. The fourth-order valence-electron chi connectivity index (χ4n) is 4.19. The first kappa shape index (κ1) is 19.8. The van der Waals surface area contributed by atoms with E-state index in [1.54, 1.807) is 6.92 Å². The Labute approximate surface area is 172 Å².